The van der Waals surface area contributed by atoms with Crippen LogP contribution in [0, 0.1) is 0 Å². The van der Waals surface area contributed by atoms with E-state index in [0.717, 1.165) is 0 Å². The zero-order chi connectivity index (χ0) is 12.3. The van der Waals surface area contributed by atoms with Gasteiger partial charge >= 0.3 is 5.97 Å². The molecule has 0 radical (unpaired) electrons. The van der Waals surface area contributed by atoms with Crippen molar-refractivity contribution in [2.45, 2.75) is 13.0 Å². The minimum atomic E-state index is -1.08. The summed E-state index contributed by atoms with van der Waals surface area (Å²) in [5.74, 6) is -0.485. The SMILES string of the molecule is COc1cc(O[C@@H](C)C(=O)O)c(Cl)cc1Cl. The van der Waals surface area contributed by atoms with E-state index in [1.165, 1.54) is 26.2 Å². The predicted molar refractivity (Wildman–Crippen MR) is 60.7 cm³/mol. The van der Waals surface area contributed by atoms with Crippen LogP contribution >= 0.6 is 23.2 Å². The van der Waals surface area contributed by atoms with Crippen LogP contribution in [0.5, 0.6) is 11.5 Å². The molecule has 0 heterocycles. The minimum Gasteiger partial charge on any atom is -0.495 e. The Morgan fingerprint density at radius 2 is 1.88 bits per heavy atom. The zero-order valence-corrected chi connectivity index (χ0v) is 10.2. The van der Waals surface area contributed by atoms with Crippen LogP contribution in [0.2, 0.25) is 10.0 Å². The van der Waals surface area contributed by atoms with Gasteiger partial charge in [-0.1, -0.05) is 23.2 Å². The Morgan fingerprint density at radius 3 is 2.38 bits per heavy atom. The molecule has 0 aliphatic carbocycles. The third-order valence-corrected chi connectivity index (χ3v) is 2.45. The molecule has 0 saturated heterocycles. The van der Waals surface area contributed by atoms with Gasteiger partial charge in [-0.05, 0) is 13.0 Å². The Bertz CT molecular complexity index is 406. The fourth-order valence-electron chi connectivity index (χ4n) is 0.998. The van der Waals surface area contributed by atoms with Crippen LogP contribution in [0.1, 0.15) is 6.92 Å². The number of aliphatic carboxylic acids is 1. The first kappa shape index (κ1) is 12.9. The number of benzene rings is 1. The molecule has 0 saturated carbocycles. The van der Waals surface area contributed by atoms with Gasteiger partial charge in [0.2, 0.25) is 0 Å². The summed E-state index contributed by atoms with van der Waals surface area (Å²) in [5.41, 5.74) is 0. The van der Waals surface area contributed by atoms with Gasteiger partial charge < -0.3 is 14.6 Å². The largest absolute Gasteiger partial charge is 0.495 e. The fourth-order valence-corrected chi connectivity index (χ4v) is 1.50. The van der Waals surface area contributed by atoms with Crippen LogP contribution < -0.4 is 9.47 Å². The summed E-state index contributed by atoms with van der Waals surface area (Å²) in [6.07, 6.45) is -0.997. The number of carbonyl (C=O) groups is 1. The minimum absolute atomic E-state index is 0.220. The molecule has 0 amide bonds. The van der Waals surface area contributed by atoms with Crippen molar-refractivity contribution in [2.24, 2.45) is 0 Å². The van der Waals surface area contributed by atoms with Crippen molar-refractivity contribution in [2.75, 3.05) is 7.11 Å². The fraction of sp³-hybridized carbons (Fsp3) is 0.300. The Kier molecular flexibility index (Phi) is 4.26. The maximum Gasteiger partial charge on any atom is 0.344 e. The smallest absolute Gasteiger partial charge is 0.344 e. The van der Waals surface area contributed by atoms with Crippen LogP contribution in [0.15, 0.2) is 12.1 Å². The van der Waals surface area contributed by atoms with Gasteiger partial charge in [0.05, 0.1) is 17.2 Å². The van der Waals surface area contributed by atoms with Crippen LogP contribution in [-0.4, -0.2) is 24.3 Å². The topological polar surface area (TPSA) is 55.8 Å². The summed E-state index contributed by atoms with van der Waals surface area (Å²) in [6, 6.07) is 2.88. The first-order valence-corrected chi connectivity index (χ1v) is 5.13. The maximum atomic E-state index is 10.6. The molecule has 4 nitrogen and oxygen atoms in total. The highest BCUT2D eigenvalue weighted by atomic mass is 35.5. The monoisotopic (exact) mass is 264 g/mol. The molecule has 0 spiro atoms. The first-order chi connectivity index (χ1) is 7.45. The third-order valence-electron chi connectivity index (χ3n) is 1.86. The van der Waals surface area contributed by atoms with E-state index in [9.17, 15) is 4.79 Å². The molecular formula is C10H10Cl2O4. The standard InChI is InChI=1S/C10H10Cl2O4/c1-5(10(13)14)16-9-4-8(15-2)6(11)3-7(9)12/h3-5H,1-2H3,(H,13,14)/t5-/m0/s1. The summed E-state index contributed by atoms with van der Waals surface area (Å²) < 4.78 is 10.1. The molecule has 1 N–H and O–H groups in total. The normalized spacial score (nSPS) is 12.0. The molecule has 6 heteroatoms. The van der Waals surface area contributed by atoms with Gasteiger partial charge in [-0.15, -0.1) is 0 Å². The highest BCUT2D eigenvalue weighted by Crippen LogP contribution is 2.35. The number of hydrogen-bond acceptors (Lipinski definition) is 3. The molecule has 0 bridgehead atoms. The van der Waals surface area contributed by atoms with E-state index >= 15 is 0 Å². The van der Waals surface area contributed by atoms with Crippen molar-refractivity contribution in [3.05, 3.63) is 22.2 Å². The summed E-state index contributed by atoms with van der Waals surface area (Å²) in [5, 5.41) is 9.26. The Balaban J connectivity index is 3.00. The van der Waals surface area contributed by atoms with Gasteiger partial charge in [0, 0.05) is 6.07 Å². The summed E-state index contributed by atoms with van der Waals surface area (Å²) in [7, 11) is 1.44. The van der Waals surface area contributed by atoms with Crippen molar-refractivity contribution < 1.29 is 19.4 Å². The van der Waals surface area contributed by atoms with E-state index < -0.39 is 12.1 Å². The summed E-state index contributed by atoms with van der Waals surface area (Å²) >= 11 is 11.7. The van der Waals surface area contributed by atoms with Crippen molar-refractivity contribution in [1.29, 1.82) is 0 Å². The number of methoxy groups -OCH3 is 1. The van der Waals surface area contributed by atoms with Crippen LogP contribution in [0.3, 0.4) is 0 Å². The van der Waals surface area contributed by atoms with Gasteiger partial charge in [-0.2, -0.15) is 0 Å². The number of rotatable bonds is 4. The number of carboxylic acid groups (broad SMARTS) is 1. The highest BCUT2D eigenvalue weighted by Gasteiger charge is 2.16. The van der Waals surface area contributed by atoms with E-state index in [0.29, 0.717) is 10.8 Å². The van der Waals surface area contributed by atoms with Crippen molar-refractivity contribution in [3.8, 4) is 11.5 Å². The Morgan fingerprint density at radius 1 is 1.31 bits per heavy atom. The van der Waals surface area contributed by atoms with Gasteiger partial charge in [-0.3, -0.25) is 0 Å². The molecule has 0 fully saturated rings. The lowest BCUT2D eigenvalue weighted by Crippen LogP contribution is -2.23. The predicted octanol–water partition coefficient (Wildman–Crippen LogP) is 2.85. The zero-order valence-electron chi connectivity index (χ0n) is 8.66. The van der Waals surface area contributed by atoms with E-state index in [1.54, 1.807) is 0 Å². The van der Waals surface area contributed by atoms with Crippen molar-refractivity contribution in [3.63, 3.8) is 0 Å². The second-order valence-corrected chi connectivity index (χ2v) is 3.83. The molecule has 1 aromatic carbocycles. The molecule has 0 aromatic heterocycles. The molecule has 0 unspecified atom stereocenters. The van der Waals surface area contributed by atoms with Crippen LogP contribution in [0.4, 0.5) is 0 Å². The van der Waals surface area contributed by atoms with E-state index in [4.69, 9.17) is 37.8 Å². The Labute approximate surface area is 103 Å². The first-order valence-electron chi connectivity index (χ1n) is 4.38. The van der Waals surface area contributed by atoms with Crippen LogP contribution in [-0.2, 0) is 4.79 Å². The lowest BCUT2D eigenvalue weighted by atomic mass is 10.3. The second-order valence-electron chi connectivity index (χ2n) is 3.02. The number of ether oxygens (including phenoxy) is 2. The molecule has 1 atom stereocenters. The molecule has 88 valence electrons. The maximum absolute atomic E-state index is 10.6. The second kappa shape index (κ2) is 5.27. The van der Waals surface area contributed by atoms with Crippen molar-refractivity contribution in [1.82, 2.24) is 0 Å². The third kappa shape index (κ3) is 2.93. The molecule has 0 aliphatic rings. The summed E-state index contributed by atoms with van der Waals surface area (Å²) in [4.78, 5) is 10.6. The lowest BCUT2D eigenvalue weighted by Gasteiger charge is -2.13. The number of carboxylic acids is 1. The number of hydrogen-bond donors (Lipinski definition) is 1. The van der Waals surface area contributed by atoms with Crippen molar-refractivity contribution >= 4 is 29.2 Å². The quantitative estimate of drug-likeness (QED) is 0.909. The molecule has 16 heavy (non-hydrogen) atoms. The van der Waals surface area contributed by atoms with Gasteiger partial charge in [0.25, 0.3) is 0 Å². The van der Waals surface area contributed by atoms with Gasteiger partial charge in [0.15, 0.2) is 6.10 Å². The van der Waals surface area contributed by atoms with E-state index in [2.05, 4.69) is 0 Å². The van der Waals surface area contributed by atoms with E-state index in [-0.39, 0.29) is 10.8 Å². The van der Waals surface area contributed by atoms with E-state index in [1.807, 2.05) is 0 Å². The summed E-state index contributed by atoms with van der Waals surface area (Å²) in [6.45, 7) is 1.40. The molecule has 1 aromatic rings. The van der Waals surface area contributed by atoms with Crippen LogP contribution in [0.25, 0.3) is 0 Å². The molecule has 1 rings (SSSR count). The molecular weight excluding hydrogens is 255 g/mol. The average Bonchev–Trinajstić information content (AvgIpc) is 2.21. The Hall–Kier alpha value is -1.13. The number of halogens is 2. The molecule has 0 aliphatic heterocycles. The highest BCUT2D eigenvalue weighted by molar-refractivity contribution is 6.36. The van der Waals surface area contributed by atoms with Gasteiger partial charge in [-0.25, -0.2) is 4.79 Å². The average molecular weight is 265 g/mol. The van der Waals surface area contributed by atoms with Gasteiger partial charge in [0.1, 0.15) is 11.5 Å². The lowest BCUT2D eigenvalue weighted by molar-refractivity contribution is -0.144.